The standard InChI is InChI=1S/C14H19N3O2/c1-11(2)10-17(8-4-6-15)13-9-12(5-7-16-13)14(18)19-3/h5,7,9,11H,4,8,10H2,1-3H3. The molecule has 0 N–H and O–H groups in total. The molecule has 19 heavy (non-hydrogen) atoms. The zero-order valence-corrected chi connectivity index (χ0v) is 11.6. The van der Waals surface area contributed by atoms with E-state index in [0.717, 1.165) is 6.54 Å². The van der Waals surface area contributed by atoms with Crippen molar-refractivity contribution in [2.45, 2.75) is 20.3 Å². The second-order valence-corrected chi connectivity index (χ2v) is 4.64. The summed E-state index contributed by atoms with van der Waals surface area (Å²) in [5.41, 5.74) is 0.471. The molecule has 102 valence electrons. The SMILES string of the molecule is COC(=O)c1ccnc(N(CCC#N)CC(C)C)c1. The van der Waals surface area contributed by atoms with Crippen molar-refractivity contribution in [2.24, 2.45) is 5.92 Å². The molecule has 0 amide bonds. The van der Waals surface area contributed by atoms with Gasteiger partial charge in [0.25, 0.3) is 0 Å². The number of pyridine rings is 1. The molecule has 1 heterocycles. The minimum atomic E-state index is -0.381. The maximum absolute atomic E-state index is 11.5. The molecule has 0 aliphatic heterocycles. The molecule has 5 nitrogen and oxygen atoms in total. The Morgan fingerprint density at radius 3 is 2.89 bits per heavy atom. The fourth-order valence-corrected chi connectivity index (χ4v) is 1.76. The third-order valence-corrected chi connectivity index (χ3v) is 2.57. The summed E-state index contributed by atoms with van der Waals surface area (Å²) in [5.74, 6) is 0.766. The van der Waals surface area contributed by atoms with Gasteiger partial charge in [-0.15, -0.1) is 0 Å². The molecule has 1 rings (SSSR count). The minimum absolute atomic E-state index is 0.381. The first-order valence-corrected chi connectivity index (χ1v) is 6.24. The second kappa shape index (κ2) is 7.37. The number of carbonyl (C=O) groups is 1. The first-order valence-electron chi connectivity index (χ1n) is 6.24. The lowest BCUT2D eigenvalue weighted by Gasteiger charge is -2.24. The molecule has 0 aliphatic carbocycles. The minimum Gasteiger partial charge on any atom is -0.465 e. The smallest absolute Gasteiger partial charge is 0.338 e. The molecule has 0 radical (unpaired) electrons. The number of nitrogens with zero attached hydrogens (tertiary/aromatic N) is 3. The molecule has 5 heteroatoms. The average molecular weight is 261 g/mol. The van der Waals surface area contributed by atoms with Crippen LogP contribution in [0.3, 0.4) is 0 Å². The van der Waals surface area contributed by atoms with Gasteiger partial charge in [0.1, 0.15) is 5.82 Å². The lowest BCUT2D eigenvalue weighted by Crippen LogP contribution is -2.29. The Morgan fingerprint density at radius 2 is 2.32 bits per heavy atom. The quantitative estimate of drug-likeness (QED) is 0.735. The molecule has 0 aliphatic rings. The van der Waals surface area contributed by atoms with Crippen LogP contribution in [0.25, 0.3) is 0 Å². The highest BCUT2D eigenvalue weighted by Gasteiger charge is 2.13. The number of hydrogen-bond acceptors (Lipinski definition) is 5. The van der Waals surface area contributed by atoms with E-state index in [1.807, 2.05) is 4.90 Å². The van der Waals surface area contributed by atoms with Crippen LogP contribution < -0.4 is 4.90 Å². The summed E-state index contributed by atoms with van der Waals surface area (Å²) < 4.78 is 4.70. The number of aromatic nitrogens is 1. The van der Waals surface area contributed by atoms with Crippen molar-refractivity contribution in [1.82, 2.24) is 4.98 Å². The molecule has 0 saturated heterocycles. The van der Waals surface area contributed by atoms with Crippen LogP contribution in [0.2, 0.25) is 0 Å². The number of anilines is 1. The number of carbonyl (C=O) groups excluding carboxylic acids is 1. The Bertz CT molecular complexity index is 466. The molecular weight excluding hydrogens is 242 g/mol. The summed E-state index contributed by atoms with van der Waals surface area (Å²) in [5, 5.41) is 8.71. The van der Waals surface area contributed by atoms with Crippen LogP contribution in [0.5, 0.6) is 0 Å². The van der Waals surface area contributed by atoms with Crippen LogP contribution in [-0.2, 0) is 4.74 Å². The molecule has 0 atom stereocenters. The van der Waals surface area contributed by atoms with Gasteiger partial charge in [-0.25, -0.2) is 9.78 Å². The number of esters is 1. The van der Waals surface area contributed by atoms with E-state index in [4.69, 9.17) is 10.00 Å². The zero-order valence-electron chi connectivity index (χ0n) is 11.6. The number of hydrogen-bond donors (Lipinski definition) is 0. The van der Waals surface area contributed by atoms with E-state index in [1.165, 1.54) is 7.11 Å². The van der Waals surface area contributed by atoms with Crippen LogP contribution in [0.15, 0.2) is 18.3 Å². The second-order valence-electron chi connectivity index (χ2n) is 4.64. The van der Waals surface area contributed by atoms with Crippen LogP contribution in [-0.4, -0.2) is 31.2 Å². The van der Waals surface area contributed by atoms with E-state index in [0.29, 0.717) is 30.3 Å². The van der Waals surface area contributed by atoms with Crippen molar-refractivity contribution < 1.29 is 9.53 Å². The number of methoxy groups -OCH3 is 1. The summed E-state index contributed by atoms with van der Waals surface area (Å²) >= 11 is 0. The number of rotatable bonds is 6. The lowest BCUT2D eigenvalue weighted by molar-refractivity contribution is 0.0600. The van der Waals surface area contributed by atoms with Gasteiger partial charge in [-0.1, -0.05) is 13.8 Å². The van der Waals surface area contributed by atoms with Gasteiger partial charge in [-0.2, -0.15) is 5.26 Å². The Kier molecular flexibility index (Phi) is 5.80. The summed E-state index contributed by atoms with van der Waals surface area (Å²) in [6, 6.07) is 5.45. The number of nitriles is 1. The normalized spacial score (nSPS) is 10.1. The Labute approximate surface area is 113 Å². The molecule has 0 bridgehead atoms. The first kappa shape index (κ1) is 15.0. The van der Waals surface area contributed by atoms with Gasteiger partial charge >= 0.3 is 5.97 Å². The third kappa shape index (κ3) is 4.59. The predicted octanol–water partition coefficient (Wildman–Crippen LogP) is 2.24. The molecular formula is C14H19N3O2. The summed E-state index contributed by atoms with van der Waals surface area (Å²) in [4.78, 5) is 17.8. The molecule has 0 unspecified atom stereocenters. The average Bonchev–Trinajstić information content (AvgIpc) is 2.42. The van der Waals surface area contributed by atoms with Gasteiger partial charge < -0.3 is 9.64 Å². The fraction of sp³-hybridized carbons (Fsp3) is 0.500. The third-order valence-electron chi connectivity index (χ3n) is 2.57. The lowest BCUT2D eigenvalue weighted by atomic mass is 10.2. The molecule has 0 spiro atoms. The highest BCUT2D eigenvalue weighted by atomic mass is 16.5. The Balaban J connectivity index is 2.94. The van der Waals surface area contributed by atoms with E-state index in [9.17, 15) is 4.79 Å². The van der Waals surface area contributed by atoms with E-state index >= 15 is 0 Å². The predicted molar refractivity (Wildman–Crippen MR) is 72.9 cm³/mol. The van der Waals surface area contributed by atoms with E-state index < -0.39 is 0 Å². The van der Waals surface area contributed by atoms with Crippen molar-refractivity contribution in [3.8, 4) is 6.07 Å². The zero-order chi connectivity index (χ0) is 14.3. The van der Waals surface area contributed by atoms with Gasteiger partial charge in [0, 0.05) is 19.3 Å². The molecule has 1 aromatic rings. The van der Waals surface area contributed by atoms with Crippen molar-refractivity contribution in [3.05, 3.63) is 23.9 Å². The molecule has 0 fully saturated rings. The summed E-state index contributed by atoms with van der Waals surface area (Å²) in [7, 11) is 1.35. The van der Waals surface area contributed by atoms with Crippen LogP contribution in [0.1, 0.15) is 30.6 Å². The van der Waals surface area contributed by atoms with Gasteiger partial charge in [0.05, 0.1) is 25.2 Å². The van der Waals surface area contributed by atoms with Crippen LogP contribution in [0.4, 0.5) is 5.82 Å². The van der Waals surface area contributed by atoms with E-state index in [-0.39, 0.29) is 5.97 Å². The summed E-state index contributed by atoms with van der Waals surface area (Å²) in [6.07, 6.45) is 2.01. The number of ether oxygens (including phenoxy) is 1. The maximum Gasteiger partial charge on any atom is 0.338 e. The fourth-order valence-electron chi connectivity index (χ4n) is 1.76. The summed E-state index contributed by atoms with van der Waals surface area (Å²) in [6.45, 7) is 5.60. The largest absolute Gasteiger partial charge is 0.465 e. The van der Waals surface area contributed by atoms with E-state index in [2.05, 4.69) is 24.9 Å². The van der Waals surface area contributed by atoms with Gasteiger partial charge in [0.2, 0.25) is 0 Å². The van der Waals surface area contributed by atoms with Gasteiger partial charge in [0.15, 0.2) is 0 Å². The highest BCUT2D eigenvalue weighted by Crippen LogP contribution is 2.15. The van der Waals surface area contributed by atoms with Crippen LogP contribution in [0, 0.1) is 17.2 Å². The van der Waals surface area contributed by atoms with Gasteiger partial charge in [-0.3, -0.25) is 0 Å². The Morgan fingerprint density at radius 1 is 1.58 bits per heavy atom. The topological polar surface area (TPSA) is 66.2 Å². The van der Waals surface area contributed by atoms with E-state index in [1.54, 1.807) is 18.3 Å². The Hall–Kier alpha value is -2.09. The molecule has 0 saturated carbocycles. The van der Waals surface area contributed by atoms with Crippen LogP contribution >= 0.6 is 0 Å². The van der Waals surface area contributed by atoms with Crippen molar-refractivity contribution in [2.75, 3.05) is 25.1 Å². The van der Waals surface area contributed by atoms with Gasteiger partial charge in [-0.05, 0) is 18.1 Å². The first-order chi connectivity index (χ1) is 9.08. The maximum atomic E-state index is 11.5. The van der Waals surface area contributed by atoms with Crippen molar-refractivity contribution in [3.63, 3.8) is 0 Å². The molecule has 0 aromatic carbocycles. The van der Waals surface area contributed by atoms with Crippen molar-refractivity contribution in [1.29, 1.82) is 5.26 Å². The molecule has 1 aromatic heterocycles. The highest BCUT2D eigenvalue weighted by molar-refractivity contribution is 5.90. The van der Waals surface area contributed by atoms with Crippen molar-refractivity contribution >= 4 is 11.8 Å². The monoisotopic (exact) mass is 261 g/mol.